The van der Waals surface area contributed by atoms with Crippen molar-refractivity contribution in [2.75, 3.05) is 5.73 Å². The molecular formula is C14H11Cl2NO3. The molecule has 0 spiro atoms. The van der Waals surface area contributed by atoms with Gasteiger partial charge in [-0.2, -0.15) is 0 Å². The first-order chi connectivity index (χ1) is 9.47. The Morgan fingerprint density at radius 1 is 1.20 bits per heavy atom. The zero-order valence-corrected chi connectivity index (χ0v) is 11.8. The molecule has 2 aromatic rings. The standard InChI is InChI=1S/C14H11Cl2NO3/c15-9-2-1-8(12(16)5-9)7-20-10-3-4-11(14(18)19)13(17)6-10/h1-6H,7,17H2,(H,18,19). The van der Waals surface area contributed by atoms with Crippen LogP contribution >= 0.6 is 23.2 Å². The highest BCUT2D eigenvalue weighted by molar-refractivity contribution is 6.35. The predicted octanol–water partition coefficient (Wildman–Crippen LogP) is 3.85. The van der Waals surface area contributed by atoms with Crippen molar-refractivity contribution in [2.24, 2.45) is 0 Å². The smallest absolute Gasteiger partial charge is 0.337 e. The van der Waals surface area contributed by atoms with Gasteiger partial charge in [0.2, 0.25) is 0 Å². The summed E-state index contributed by atoms with van der Waals surface area (Å²) in [6.45, 7) is 0.238. The van der Waals surface area contributed by atoms with E-state index < -0.39 is 5.97 Å². The van der Waals surface area contributed by atoms with Gasteiger partial charge in [-0.1, -0.05) is 29.3 Å². The van der Waals surface area contributed by atoms with Crippen LogP contribution in [0.25, 0.3) is 0 Å². The van der Waals surface area contributed by atoms with Crippen molar-refractivity contribution < 1.29 is 14.6 Å². The van der Waals surface area contributed by atoms with E-state index >= 15 is 0 Å². The van der Waals surface area contributed by atoms with Gasteiger partial charge in [-0.05, 0) is 24.3 Å². The quantitative estimate of drug-likeness (QED) is 0.841. The van der Waals surface area contributed by atoms with Gasteiger partial charge in [-0.25, -0.2) is 4.79 Å². The molecule has 0 saturated carbocycles. The maximum absolute atomic E-state index is 10.8. The van der Waals surface area contributed by atoms with Crippen LogP contribution in [0, 0.1) is 0 Å². The Morgan fingerprint density at radius 3 is 2.55 bits per heavy atom. The molecule has 0 radical (unpaired) electrons. The number of benzene rings is 2. The lowest BCUT2D eigenvalue weighted by atomic mass is 10.2. The minimum Gasteiger partial charge on any atom is -0.489 e. The van der Waals surface area contributed by atoms with Crippen molar-refractivity contribution in [3.05, 3.63) is 57.6 Å². The van der Waals surface area contributed by atoms with Crippen molar-refractivity contribution in [2.45, 2.75) is 6.61 Å². The molecule has 0 unspecified atom stereocenters. The van der Waals surface area contributed by atoms with Crippen LogP contribution in [0.15, 0.2) is 36.4 Å². The molecule has 6 heteroatoms. The fraction of sp³-hybridized carbons (Fsp3) is 0.0714. The van der Waals surface area contributed by atoms with Crippen LogP contribution in [0.3, 0.4) is 0 Å². The second-order valence-electron chi connectivity index (χ2n) is 4.08. The molecule has 0 aromatic heterocycles. The fourth-order valence-electron chi connectivity index (χ4n) is 1.63. The van der Waals surface area contributed by atoms with Crippen LogP contribution in [0.4, 0.5) is 5.69 Å². The maximum atomic E-state index is 10.8. The highest BCUT2D eigenvalue weighted by atomic mass is 35.5. The van der Waals surface area contributed by atoms with E-state index in [1.54, 1.807) is 24.3 Å². The first-order valence-electron chi connectivity index (χ1n) is 5.67. The Kier molecular flexibility index (Phi) is 4.37. The molecule has 2 aromatic carbocycles. The number of hydrogen-bond acceptors (Lipinski definition) is 3. The summed E-state index contributed by atoms with van der Waals surface area (Å²) in [4.78, 5) is 10.8. The van der Waals surface area contributed by atoms with E-state index in [0.29, 0.717) is 15.8 Å². The summed E-state index contributed by atoms with van der Waals surface area (Å²) in [5.41, 5.74) is 6.61. The summed E-state index contributed by atoms with van der Waals surface area (Å²) in [5.74, 6) is -0.603. The molecular weight excluding hydrogens is 301 g/mol. The number of ether oxygens (including phenoxy) is 1. The van der Waals surface area contributed by atoms with Crippen LogP contribution in [0.2, 0.25) is 10.0 Å². The Balaban J connectivity index is 2.11. The molecule has 2 rings (SSSR count). The third-order valence-corrected chi connectivity index (χ3v) is 3.25. The lowest BCUT2D eigenvalue weighted by molar-refractivity contribution is 0.0698. The van der Waals surface area contributed by atoms with Gasteiger partial charge in [0.1, 0.15) is 12.4 Å². The number of carbonyl (C=O) groups is 1. The number of carboxylic acid groups (broad SMARTS) is 1. The number of carboxylic acids is 1. The van der Waals surface area contributed by atoms with Crippen LogP contribution in [-0.4, -0.2) is 11.1 Å². The van der Waals surface area contributed by atoms with Crippen LogP contribution < -0.4 is 10.5 Å². The number of hydrogen-bond donors (Lipinski definition) is 2. The number of rotatable bonds is 4. The Hall–Kier alpha value is -1.91. The highest BCUT2D eigenvalue weighted by Gasteiger charge is 2.09. The summed E-state index contributed by atoms with van der Waals surface area (Å²) in [5, 5.41) is 9.93. The number of anilines is 1. The first kappa shape index (κ1) is 14.5. The maximum Gasteiger partial charge on any atom is 0.337 e. The zero-order valence-electron chi connectivity index (χ0n) is 10.3. The van der Waals surface area contributed by atoms with Crippen molar-refractivity contribution in [1.29, 1.82) is 0 Å². The molecule has 0 aliphatic rings. The average Bonchev–Trinajstić information content (AvgIpc) is 2.37. The molecule has 0 heterocycles. The number of halogens is 2. The molecule has 3 N–H and O–H groups in total. The lowest BCUT2D eigenvalue weighted by Crippen LogP contribution is -2.03. The SMILES string of the molecule is Nc1cc(OCc2ccc(Cl)cc2Cl)ccc1C(=O)O. The molecule has 20 heavy (non-hydrogen) atoms. The van der Waals surface area contributed by atoms with Crippen molar-refractivity contribution in [1.82, 2.24) is 0 Å². The molecule has 104 valence electrons. The predicted molar refractivity (Wildman–Crippen MR) is 78.6 cm³/mol. The number of nitrogens with two attached hydrogens (primary N) is 1. The average molecular weight is 312 g/mol. The monoisotopic (exact) mass is 311 g/mol. The Bertz CT molecular complexity index is 659. The summed E-state index contributed by atoms with van der Waals surface area (Å²) in [6, 6.07) is 9.52. The minimum atomic E-state index is -1.07. The minimum absolute atomic E-state index is 0.0434. The molecule has 4 nitrogen and oxygen atoms in total. The first-order valence-corrected chi connectivity index (χ1v) is 6.42. The van der Waals surface area contributed by atoms with E-state index in [2.05, 4.69) is 0 Å². The molecule has 0 amide bonds. The molecule has 0 bridgehead atoms. The topological polar surface area (TPSA) is 72.5 Å². The molecule has 0 fully saturated rings. The molecule has 0 atom stereocenters. The normalized spacial score (nSPS) is 10.3. The van der Waals surface area contributed by atoms with Crippen LogP contribution in [-0.2, 0) is 6.61 Å². The largest absolute Gasteiger partial charge is 0.489 e. The van der Waals surface area contributed by atoms with E-state index in [1.165, 1.54) is 12.1 Å². The summed E-state index contributed by atoms with van der Waals surface area (Å²) in [7, 11) is 0. The Labute approximate surface area is 125 Å². The summed E-state index contributed by atoms with van der Waals surface area (Å²) in [6.07, 6.45) is 0. The van der Waals surface area contributed by atoms with Crippen molar-refractivity contribution in [3.8, 4) is 5.75 Å². The third-order valence-electron chi connectivity index (χ3n) is 2.66. The van der Waals surface area contributed by atoms with E-state index in [0.717, 1.165) is 5.56 Å². The third kappa shape index (κ3) is 3.35. The molecule has 0 aliphatic heterocycles. The van der Waals surface area contributed by atoms with Gasteiger partial charge in [0.25, 0.3) is 0 Å². The second kappa shape index (κ2) is 6.03. The van der Waals surface area contributed by atoms with Gasteiger partial charge in [-0.15, -0.1) is 0 Å². The number of nitrogen functional groups attached to an aromatic ring is 1. The van der Waals surface area contributed by atoms with Gasteiger partial charge >= 0.3 is 5.97 Å². The van der Waals surface area contributed by atoms with Gasteiger partial charge < -0.3 is 15.6 Å². The molecule has 0 aliphatic carbocycles. The van der Waals surface area contributed by atoms with E-state index in [1.807, 2.05) is 0 Å². The zero-order chi connectivity index (χ0) is 14.7. The van der Waals surface area contributed by atoms with E-state index in [-0.39, 0.29) is 17.9 Å². The van der Waals surface area contributed by atoms with E-state index in [4.69, 9.17) is 38.8 Å². The van der Waals surface area contributed by atoms with Gasteiger partial charge in [0.05, 0.1) is 5.56 Å². The highest BCUT2D eigenvalue weighted by Crippen LogP contribution is 2.24. The number of aromatic carboxylic acids is 1. The lowest BCUT2D eigenvalue weighted by Gasteiger charge is -2.09. The van der Waals surface area contributed by atoms with Crippen LogP contribution in [0.1, 0.15) is 15.9 Å². The summed E-state index contributed by atoms with van der Waals surface area (Å²) < 4.78 is 5.53. The Morgan fingerprint density at radius 2 is 1.95 bits per heavy atom. The fourth-order valence-corrected chi connectivity index (χ4v) is 2.09. The van der Waals surface area contributed by atoms with Crippen molar-refractivity contribution in [3.63, 3.8) is 0 Å². The summed E-state index contributed by atoms with van der Waals surface area (Å²) >= 11 is 11.8. The van der Waals surface area contributed by atoms with Crippen LogP contribution in [0.5, 0.6) is 5.75 Å². The van der Waals surface area contributed by atoms with E-state index in [9.17, 15) is 4.79 Å². The second-order valence-corrected chi connectivity index (χ2v) is 4.92. The molecule has 0 saturated heterocycles. The van der Waals surface area contributed by atoms with Gasteiger partial charge in [0, 0.05) is 27.4 Å². The van der Waals surface area contributed by atoms with Gasteiger partial charge in [-0.3, -0.25) is 0 Å². The van der Waals surface area contributed by atoms with Gasteiger partial charge in [0.15, 0.2) is 0 Å². The van der Waals surface area contributed by atoms with Crippen molar-refractivity contribution >= 4 is 34.9 Å².